The first-order chi connectivity index (χ1) is 9.11. The standard InChI is InChI=1S/C14H10F2N2O/c15-11-2-1-3-13(10(11)7-17)18-8-9-4-5-14(19)12(16)6-9/h1-6,18-19H,8H2. The predicted molar refractivity (Wildman–Crippen MR) is 66.5 cm³/mol. The van der Waals surface area contributed by atoms with Crippen LogP contribution in [0, 0.1) is 23.0 Å². The van der Waals surface area contributed by atoms with Crippen LogP contribution in [0.5, 0.6) is 5.75 Å². The van der Waals surface area contributed by atoms with Crippen molar-refractivity contribution < 1.29 is 13.9 Å². The van der Waals surface area contributed by atoms with Gasteiger partial charge in [0.05, 0.1) is 5.69 Å². The van der Waals surface area contributed by atoms with E-state index in [1.165, 1.54) is 30.3 Å². The second kappa shape index (κ2) is 5.36. The number of phenolic OH excluding ortho intramolecular Hbond substituents is 1. The molecule has 0 spiro atoms. The van der Waals surface area contributed by atoms with Crippen LogP contribution in [-0.2, 0) is 6.54 Å². The third-order valence-electron chi connectivity index (χ3n) is 2.62. The summed E-state index contributed by atoms with van der Waals surface area (Å²) >= 11 is 0. The third-order valence-corrected chi connectivity index (χ3v) is 2.62. The van der Waals surface area contributed by atoms with E-state index in [1.54, 1.807) is 12.1 Å². The molecular weight excluding hydrogens is 250 g/mol. The van der Waals surface area contributed by atoms with E-state index in [9.17, 15) is 8.78 Å². The first-order valence-corrected chi connectivity index (χ1v) is 5.51. The first kappa shape index (κ1) is 12.8. The van der Waals surface area contributed by atoms with Gasteiger partial charge in [-0.15, -0.1) is 0 Å². The zero-order valence-corrected chi connectivity index (χ0v) is 9.82. The highest BCUT2D eigenvalue weighted by Gasteiger charge is 2.07. The number of halogens is 2. The van der Waals surface area contributed by atoms with Crippen LogP contribution >= 0.6 is 0 Å². The fraction of sp³-hybridized carbons (Fsp3) is 0.0714. The summed E-state index contributed by atoms with van der Waals surface area (Å²) in [5.74, 6) is -1.75. The zero-order valence-electron chi connectivity index (χ0n) is 9.82. The molecule has 0 unspecified atom stereocenters. The molecule has 2 rings (SSSR count). The van der Waals surface area contributed by atoms with Gasteiger partial charge in [0.1, 0.15) is 17.4 Å². The Morgan fingerprint density at radius 2 is 1.95 bits per heavy atom. The number of nitrogens with one attached hydrogen (secondary N) is 1. The number of benzene rings is 2. The van der Waals surface area contributed by atoms with Crippen molar-refractivity contribution in [2.75, 3.05) is 5.32 Å². The van der Waals surface area contributed by atoms with Crippen molar-refractivity contribution in [2.24, 2.45) is 0 Å². The lowest BCUT2D eigenvalue weighted by Crippen LogP contribution is -2.02. The third kappa shape index (κ3) is 2.80. The van der Waals surface area contributed by atoms with E-state index in [-0.39, 0.29) is 12.1 Å². The maximum atomic E-state index is 13.3. The second-order valence-corrected chi connectivity index (χ2v) is 3.91. The highest BCUT2D eigenvalue weighted by atomic mass is 19.1. The molecule has 5 heteroatoms. The van der Waals surface area contributed by atoms with Crippen molar-refractivity contribution >= 4 is 5.69 Å². The minimum atomic E-state index is -0.723. The van der Waals surface area contributed by atoms with Gasteiger partial charge >= 0.3 is 0 Å². The minimum absolute atomic E-state index is 0.0817. The SMILES string of the molecule is N#Cc1c(F)cccc1NCc1ccc(O)c(F)c1. The Hall–Kier alpha value is -2.61. The number of nitrogens with zero attached hydrogens (tertiary/aromatic N) is 1. The Labute approximate surface area is 108 Å². The number of aromatic hydroxyl groups is 1. The molecule has 2 aromatic carbocycles. The fourth-order valence-corrected chi connectivity index (χ4v) is 1.64. The van der Waals surface area contributed by atoms with Crippen LogP contribution in [0.4, 0.5) is 14.5 Å². The fourth-order valence-electron chi connectivity index (χ4n) is 1.64. The molecule has 0 atom stereocenters. The number of hydrogen-bond acceptors (Lipinski definition) is 3. The van der Waals surface area contributed by atoms with Crippen molar-refractivity contribution in [1.82, 2.24) is 0 Å². The summed E-state index contributed by atoms with van der Waals surface area (Å²) in [6.07, 6.45) is 0. The molecule has 0 aromatic heterocycles. The monoisotopic (exact) mass is 260 g/mol. The highest BCUT2D eigenvalue weighted by molar-refractivity contribution is 5.58. The van der Waals surface area contributed by atoms with Gasteiger partial charge < -0.3 is 10.4 Å². The Morgan fingerprint density at radius 3 is 2.63 bits per heavy atom. The van der Waals surface area contributed by atoms with Crippen LogP contribution in [0.15, 0.2) is 36.4 Å². The van der Waals surface area contributed by atoms with Gasteiger partial charge in [0, 0.05) is 6.54 Å². The van der Waals surface area contributed by atoms with E-state index >= 15 is 0 Å². The van der Waals surface area contributed by atoms with E-state index < -0.39 is 17.4 Å². The summed E-state index contributed by atoms with van der Waals surface area (Å²) in [4.78, 5) is 0. The molecule has 0 amide bonds. The summed E-state index contributed by atoms with van der Waals surface area (Å²) in [7, 11) is 0. The molecule has 0 aliphatic rings. The van der Waals surface area contributed by atoms with Crippen LogP contribution in [0.1, 0.15) is 11.1 Å². The molecule has 0 heterocycles. The molecule has 0 saturated heterocycles. The number of phenols is 1. The number of nitriles is 1. The predicted octanol–water partition coefficient (Wildman–Crippen LogP) is 3.15. The molecule has 96 valence electrons. The van der Waals surface area contributed by atoms with E-state index in [0.717, 1.165) is 0 Å². The van der Waals surface area contributed by atoms with Gasteiger partial charge in [0.15, 0.2) is 11.6 Å². The minimum Gasteiger partial charge on any atom is -0.505 e. The van der Waals surface area contributed by atoms with Crippen molar-refractivity contribution in [2.45, 2.75) is 6.54 Å². The maximum Gasteiger partial charge on any atom is 0.165 e. The second-order valence-electron chi connectivity index (χ2n) is 3.91. The van der Waals surface area contributed by atoms with Gasteiger partial charge in [-0.3, -0.25) is 0 Å². The van der Waals surface area contributed by atoms with Crippen LogP contribution < -0.4 is 5.32 Å². The first-order valence-electron chi connectivity index (χ1n) is 5.51. The van der Waals surface area contributed by atoms with Gasteiger partial charge in [-0.05, 0) is 29.8 Å². The lowest BCUT2D eigenvalue weighted by molar-refractivity contribution is 0.432. The topological polar surface area (TPSA) is 56.0 Å². The lowest BCUT2D eigenvalue weighted by atomic mass is 10.1. The van der Waals surface area contributed by atoms with Crippen molar-refractivity contribution in [3.05, 3.63) is 59.2 Å². The molecule has 0 aliphatic carbocycles. The van der Waals surface area contributed by atoms with E-state index in [1.807, 2.05) is 0 Å². The van der Waals surface area contributed by atoms with Gasteiger partial charge in [0.2, 0.25) is 0 Å². The molecule has 2 aromatic rings. The van der Waals surface area contributed by atoms with E-state index in [4.69, 9.17) is 10.4 Å². The van der Waals surface area contributed by atoms with Crippen molar-refractivity contribution in [3.63, 3.8) is 0 Å². The number of hydrogen-bond donors (Lipinski definition) is 2. The normalized spacial score (nSPS) is 9.95. The summed E-state index contributed by atoms with van der Waals surface area (Å²) in [5, 5.41) is 20.8. The average Bonchev–Trinajstić information content (AvgIpc) is 2.40. The van der Waals surface area contributed by atoms with Gasteiger partial charge in [-0.1, -0.05) is 12.1 Å². The average molecular weight is 260 g/mol. The lowest BCUT2D eigenvalue weighted by Gasteiger charge is -2.09. The van der Waals surface area contributed by atoms with Crippen LogP contribution in [0.25, 0.3) is 0 Å². The Balaban J connectivity index is 2.17. The van der Waals surface area contributed by atoms with E-state index in [2.05, 4.69) is 5.32 Å². The summed E-state index contributed by atoms with van der Waals surface area (Å²) < 4.78 is 26.5. The van der Waals surface area contributed by atoms with E-state index in [0.29, 0.717) is 11.3 Å². The zero-order chi connectivity index (χ0) is 13.8. The number of rotatable bonds is 3. The van der Waals surface area contributed by atoms with Crippen LogP contribution in [0.2, 0.25) is 0 Å². The highest BCUT2D eigenvalue weighted by Crippen LogP contribution is 2.20. The molecule has 0 saturated carbocycles. The quantitative estimate of drug-likeness (QED) is 0.891. The van der Waals surface area contributed by atoms with Gasteiger partial charge in [0.25, 0.3) is 0 Å². The van der Waals surface area contributed by atoms with Crippen molar-refractivity contribution in [3.8, 4) is 11.8 Å². The van der Waals surface area contributed by atoms with Gasteiger partial charge in [-0.2, -0.15) is 5.26 Å². The summed E-state index contributed by atoms with van der Waals surface area (Å²) in [6, 6.07) is 9.97. The Kier molecular flexibility index (Phi) is 3.62. The molecule has 19 heavy (non-hydrogen) atoms. The summed E-state index contributed by atoms with van der Waals surface area (Å²) in [5.41, 5.74) is 0.834. The molecule has 0 aliphatic heterocycles. The molecule has 0 bridgehead atoms. The van der Waals surface area contributed by atoms with Gasteiger partial charge in [-0.25, -0.2) is 8.78 Å². The molecule has 0 radical (unpaired) electrons. The largest absolute Gasteiger partial charge is 0.505 e. The Bertz CT molecular complexity index is 650. The molecule has 2 N–H and O–H groups in total. The smallest absolute Gasteiger partial charge is 0.165 e. The molecule has 0 fully saturated rings. The van der Waals surface area contributed by atoms with Crippen molar-refractivity contribution in [1.29, 1.82) is 5.26 Å². The molecule has 3 nitrogen and oxygen atoms in total. The number of anilines is 1. The molecular formula is C14H10F2N2O. The van der Waals surface area contributed by atoms with Crippen LogP contribution in [-0.4, -0.2) is 5.11 Å². The summed E-state index contributed by atoms with van der Waals surface area (Å²) in [6.45, 7) is 0.218. The van der Waals surface area contributed by atoms with Crippen LogP contribution in [0.3, 0.4) is 0 Å². The Morgan fingerprint density at radius 1 is 1.16 bits per heavy atom. The maximum absolute atomic E-state index is 13.3.